The van der Waals surface area contributed by atoms with E-state index in [2.05, 4.69) is 5.32 Å². The predicted molar refractivity (Wildman–Crippen MR) is 57.9 cm³/mol. The van der Waals surface area contributed by atoms with Crippen LogP contribution < -0.4 is 5.32 Å². The van der Waals surface area contributed by atoms with Gasteiger partial charge in [-0.1, -0.05) is 0 Å². The monoisotopic (exact) mass is 227 g/mol. The van der Waals surface area contributed by atoms with Crippen molar-refractivity contribution in [2.45, 2.75) is 26.3 Å². The highest BCUT2D eigenvalue weighted by Crippen LogP contribution is 2.25. The van der Waals surface area contributed by atoms with Crippen LogP contribution in [0.1, 0.15) is 29.1 Å². The number of hydrogen-bond acceptors (Lipinski definition) is 3. The summed E-state index contributed by atoms with van der Waals surface area (Å²) in [4.78, 5) is 23.5. The van der Waals surface area contributed by atoms with E-state index in [1.807, 2.05) is 19.1 Å². The first-order valence-electron chi connectivity index (χ1n) is 4.54. The van der Waals surface area contributed by atoms with E-state index in [4.69, 9.17) is 5.11 Å². The molecule has 2 N–H and O–H groups in total. The van der Waals surface area contributed by atoms with E-state index in [9.17, 15) is 9.59 Å². The van der Waals surface area contributed by atoms with Crippen molar-refractivity contribution in [1.29, 1.82) is 0 Å². The molecule has 1 aromatic heterocycles. The van der Waals surface area contributed by atoms with E-state index in [0.717, 1.165) is 9.75 Å². The van der Waals surface area contributed by atoms with E-state index in [1.54, 1.807) is 0 Å². The zero-order valence-electron chi connectivity index (χ0n) is 8.61. The molecule has 0 bridgehead atoms. The molecule has 0 aliphatic heterocycles. The number of aliphatic carboxylic acids is 1. The molecule has 0 radical (unpaired) electrons. The molecule has 1 heterocycles. The van der Waals surface area contributed by atoms with Crippen LogP contribution >= 0.6 is 11.3 Å². The Labute approximate surface area is 91.9 Å². The fraction of sp³-hybridized carbons (Fsp3) is 0.400. The molecule has 0 aliphatic carbocycles. The molecule has 1 rings (SSSR count). The van der Waals surface area contributed by atoms with Crippen molar-refractivity contribution >= 4 is 23.2 Å². The summed E-state index contributed by atoms with van der Waals surface area (Å²) in [6.07, 6.45) is -0.0838. The second-order valence-electron chi connectivity index (χ2n) is 3.30. The van der Waals surface area contributed by atoms with Gasteiger partial charge in [0.05, 0.1) is 12.5 Å². The van der Waals surface area contributed by atoms with E-state index in [1.165, 1.54) is 18.3 Å². The lowest BCUT2D eigenvalue weighted by atomic mass is 10.1. The van der Waals surface area contributed by atoms with Crippen LogP contribution in [-0.4, -0.2) is 17.0 Å². The molecular formula is C10H13NO3S. The number of rotatable bonds is 4. The summed E-state index contributed by atoms with van der Waals surface area (Å²) in [7, 11) is 0. The zero-order valence-corrected chi connectivity index (χ0v) is 9.43. The van der Waals surface area contributed by atoms with E-state index >= 15 is 0 Å². The van der Waals surface area contributed by atoms with Crippen molar-refractivity contribution in [1.82, 2.24) is 5.32 Å². The first-order valence-corrected chi connectivity index (χ1v) is 5.36. The van der Waals surface area contributed by atoms with Gasteiger partial charge in [0.15, 0.2) is 0 Å². The zero-order chi connectivity index (χ0) is 11.4. The highest BCUT2D eigenvalue weighted by Gasteiger charge is 2.17. The molecule has 4 nitrogen and oxygen atoms in total. The van der Waals surface area contributed by atoms with Gasteiger partial charge in [0.1, 0.15) is 0 Å². The van der Waals surface area contributed by atoms with Gasteiger partial charge in [0, 0.05) is 16.7 Å². The first kappa shape index (κ1) is 11.7. The highest BCUT2D eigenvalue weighted by atomic mass is 32.1. The summed E-state index contributed by atoms with van der Waals surface area (Å²) in [5.74, 6) is -1.13. The van der Waals surface area contributed by atoms with Crippen molar-refractivity contribution in [3.8, 4) is 0 Å². The SMILES string of the molecule is CC(=O)N[C@@H](CC(=O)O)c1ccc(C)s1. The van der Waals surface area contributed by atoms with Crippen LogP contribution in [0.25, 0.3) is 0 Å². The summed E-state index contributed by atoms with van der Waals surface area (Å²) >= 11 is 1.50. The Morgan fingerprint density at radius 3 is 2.60 bits per heavy atom. The van der Waals surface area contributed by atoms with Crippen molar-refractivity contribution in [2.75, 3.05) is 0 Å². The summed E-state index contributed by atoms with van der Waals surface area (Å²) in [5.41, 5.74) is 0. The van der Waals surface area contributed by atoms with E-state index in [-0.39, 0.29) is 12.3 Å². The number of aryl methyl sites for hydroxylation is 1. The molecule has 1 amide bonds. The minimum absolute atomic E-state index is 0.0838. The maximum absolute atomic E-state index is 10.9. The van der Waals surface area contributed by atoms with Gasteiger partial charge in [-0.25, -0.2) is 0 Å². The maximum atomic E-state index is 10.9. The standard InChI is InChI=1S/C10H13NO3S/c1-6-3-4-9(15-6)8(5-10(13)14)11-7(2)12/h3-4,8H,5H2,1-2H3,(H,11,12)(H,13,14)/t8-/m0/s1. The average Bonchev–Trinajstić information content (AvgIpc) is 2.48. The third-order valence-corrected chi connectivity index (χ3v) is 2.98. The van der Waals surface area contributed by atoms with Crippen LogP contribution in [0.5, 0.6) is 0 Å². The van der Waals surface area contributed by atoms with Crippen molar-refractivity contribution in [3.05, 3.63) is 21.9 Å². The Bertz CT molecular complexity index is 356. The van der Waals surface area contributed by atoms with Crippen LogP contribution in [-0.2, 0) is 9.59 Å². The van der Waals surface area contributed by atoms with Gasteiger partial charge >= 0.3 is 5.97 Å². The molecule has 1 atom stereocenters. The molecule has 0 saturated heterocycles. The quantitative estimate of drug-likeness (QED) is 0.822. The third kappa shape index (κ3) is 3.71. The Kier molecular flexibility index (Phi) is 3.85. The van der Waals surface area contributed by atoms with Crippen molar-refractivity contribution < 1.29 is 14.7 Å². The van der Waals surface area contributed by atoms with Crippen LogP contribution in [0.3, 0.4) is 0 Å². The molecule has 0 aromatic carbocycles. The average molecular weight is 227 g/mol. The molecule has 0 spiro atoms. The number of carbonyl (C=O) groups excluding carboxylic acids is 1. The smallest absolute Gasteiger partial charge is 0.305 e. The topological polar surface area (TPSA) is 66.4 Å². The summed E-state index contributed by atoms with van der Waals surface area (Å²) in [5, 5.41) is 11.3. The number of carboxylic acids is 1. The first-order chi connectivity index (χ1) is 6.99. The van der Waals surface area contributed by atoms with E-state index < -0.39 is 12.0 Å². The second-order valence-corrected chi connectivity index (χ2v) is 4.62. The summed E-state index contributed by atoms with van der Waals surface area (Å²) in [6, 6.07) is 3.35. The lowest BCUT2D eigenvalue weighted by Gasteiger charge is -2.13. The minimum atomic E-state index is -0.917. The lowest BCUT2D eigenvalue weighted by molar-refractivity contribution is -0.137. The van der Waals surface area contributed by atoms with Gasteiger partial charge in [-0.05, 0) is 19.1 Å². The molecule has 15 heavy (non-hydrogen) atoms. The molecule has 0 aliphatic rings. The molecule has 0 fully saturated rings. The Morgan fingerprint density at radius 1 is 1.53 bits per heavy atom. The van der Waals surface area contributed by atoms with Crippen molar-refractivity contribution in [2.24, 2.45) is 0 Å². The number of carboxylic acid groups (broad SMARTS) is 1. The number of hydrogen-bond donors (Lipinski definition) is 2. The molecule has 5 heteroatoms. The normalized spacial score (nSPS) is 12.1. The molecule has 1 aromatic rings. The minimum Gasteiger partial charge on any atom is -0.481 e. The van der Waals surface area contributed by atoms with Gasteiger partial charge in [-0.2, -0.15) is 0 Å². The Morgan fingerprint density at radius 2 is 2.20 bits per heavy atom. The highest BCUT2D eigenvalue weighted by molar-refractivity contribution is 7.12. The van der Waals surface area contributed by atoms with Crippen molar-refractivity contribution in [3.63, 3.8) is 0 Å². The molecule has 0 saturated carbocycles. The van der Waals surface area contributed by atoms with E-state index in [0.29, 0.717) is 0 Å². The van der Waals surface area contributed by atoms with Crippen LogP contribution in [0, 0.1) is 6.92 Å². The van der Waals surface area contributed by atoms with Crippen LogP contribution in [0.4, 0.5) is 0 Å². The fourth-order valence-corrected chi connectivity index (χ4v) is 2.21. The van der Waals surface area contributed by atoms with Gasteiger partial charge in [0.2, 0.25) is 5.91 Å². The number of nitrogens with one attached hydrogen (secondary N) is 1. The van der Waals surface area contributed by atoms with Crippen LogP contribution in [0.2, 0.25) is 0 Å². The Balaban J connectivity index is 2.80. The van der Waals surface area contributed by atoms with Gasteiger partial charge in [0.25, 0.3) is 0 Å². The third-order valence-electron chi connectivity index (χ3n) is 1.86. The number of carbonyl (C=O) groups is 2. The Hall–Kier alpha value is -1.36. The van der Waals surface area contributed by atoms with Crippen LogP contribution in [0.15, 0.2) is 12.1 Å². The van der Waals surface area contributed by atoms with Gasteiger partial charge in [-0.3, -0.25) is 9.59 Å². The summed E-state index contributed by atoms with van der Waals surface area (Å²) < 4.78 is 0. The fourth-order valence-electron chi connectivity index (χ4n) is 1.28. The predicted octanol–water partition coefficient (Wildman–Crippen LogP) is 1.71. The summed E-state index contributed by atoms with van der Waals surface area (Å²) in [6.45, 7) is 3.33. The largest absolute Gasteiger partial charge is 0.481 e. The molecule has 0 unspecified atom stereocenters. The second kappa shape index (κ2) is 4.93. The van der Waals surface area contributed by atoms with Gasteiger partial charge in [-0.15, -0.1) is 11.3 Å². The maximum Gasteiger partial charge on any atom is 0.305 e. The lowest BCUT2D eigenvalue weighted by Crippen LogP contribution is -2.27. The molecular weight excluding hydrogens is 214 g/mol. The molecule has 82 valence electrons. The van der Waals surface area contributed by atoms with Gasteiger partial charge < -0.3 is 10.4 Å². The number of amides is 1. The number of thiophene rings is 1.